The van der Waals surface area contributed by atoms with Crippen molar-refractivity contribution in [2.75, 3.05) is 0 Å². The minimum atomic E-state index is -0.114. The minimum Gasteiger partial charge on any atom is -0.320 e. The highest BCUT2D eigenvalue weighted by atomic mass is 32.1. The van der Waals surface area contributed by atoms with Gasteiger partial charge in [0.15, 0.2) is 0 Å². The van der Waals surface area contributed by atoms with Crippen molar-refractivity contribution in [1.29, 1.82) is 0 Å². The molecule has 2 aromatic rings. The van der Waals surface area contributed by atoms with E-state index in [0.717, 1.165) is 26.3 Å². The molecule has 0 aliphatic rings. The van der Waals surface area contributed by atoms with Gasteiger partial charge in [-0.1, -0.05) is 40.7 Å². The normalized spacial score (nSPS) is 12.8. The Hall–Kier alpha value is -2.85. The number of hydrogen-bond donors (Lipinski definition) is 3. The number of benzene rings is 1. The molecule has 6 N–H and O–H groups in total. The van der Waals surface area contributed by atoms with Crippen molar-refractivity contribution >= 4 is 23.0 Å². The molecule has 10 heteroatoms. The van der Waals surface area contributed by atoms with Crippen LogP contribution < -0.4 is 17.5 Å². The van der Waals surface area contributed by atoms with E-state index in [1.807, 2.05) is 44.2 Å². The molecule has 1 aromatic carbocycles. The fourth-order valence-corrected chi connectivity index (χ4v) is 2.88. The molecule has 0 saturated carbocycles. The number of hydrazine groups is 1. The summed E-state index contributed by atoms with van der Waals surface area (Å²) < 4.78 is 0. The van der Waals surface area contributed by atoms with Gasteiger partial charge in [-0.2, -0.15) is 10.2 Å². The van der Waals surface area contributed by atoms with Gasteiger partial charge in [-0.25, -0.2) is 10.8 Å². The fraction of sp³-hybridized carbons (Fsp3) is 0.154. The Balaban J connectivity index is 2.31. The summed E-state index contributed by atoms with van der Waals surface area (Å²) in [4.78, 5) is 5.48. The van der Waals surface area contributed by atoms with Gasteiger partial charge in [-0.3, -0.25) is 0 Å². The van der Waals surface area contributed by atoms with E-state index in [-0.39, 0.29) is 5.96 Å². The van der Waals surface area contributed by atoms with Crippen LogP contribution in [0.1, 0.15) is 17.5 Å². The second-order valence-electron chi connectivity index (χ2n) is 4.47. The molecule has 0 atom stereocenters. The van der Waals surface area contributed by atoms with Crippen LogP contribution in [0.25, 0.3) is 10.6 Å². The molecule has 0 saturated heterocycles. The minimum absolute atomic E-state index is 0.114. The Kier molecular flexibility index (Phi) is 5.33. The van der Waals surface area contributed by atoms with Crippen molar-refractivity contribution in [1.82, 2.24) is 10.1 Å². The zero-order valence-corrected chi connectivity index (χ0v) is 13.5. The first-order chi connectivity index (χ1) is 11.1. The van der Waals surface area contributed by atoms with Crippen LogP contribution in [0, 0.1) is 6.92 Å². The maximum absolute atomic E-state index is 5.73. The SMILES string of the molecule is C/C(=N\N(N)C(N=NN)=NN)c1sc(-c2ccccc2)nc1C. The van der Waals surface area contributed by atoms with Crippen LogP contribution in [0.2, 0.25) is 0 Å². The molecule has 0 radical (unpaired) electrons. The lowest BCUT2D eigenvalue weighted by Crippen LogP contribution is -2.33. The molecule has 0 unspecified atom stereocenters. The molecular weight excluding hydrogens is 314 g/mol. The summed E-state index contributed by atoms with van der Waals surface area (Å²) in [6.07, 6.45) is 0. The highest BCUT2D eigenvalue weighted by Crippen LogP contribution is 2.28. The summed E-state index contributed by atoms with van der Waals surface area (Å²) in [6, 6.07) is 9.91. The van der Waals surface area contributed by atoms with E-state index in [1.165, 1.54) is 11.3 Å². The summed E-state index contributed by atoms with van der Waals surface area (Å²) in [5.74, 6) is 15.7. The molecule has 2 rings (SSSR count). The lowest BCUT2D eigenvalue weighted by Gasteiger charge is -2.10. The Morgan fingerprint density at radius 1 is 1.22 bits per heavy atom. The lowest BCUT2D eigenvalue weighted by atomic mass is 10.2. The standard InChI is InChI=1S/C13H17N9S/c1-8-11(9(2)20-22(16)13(18-14)19-21-15)23-12(17-8)10-6-4-3-5-7-10/h3-7H,14,16H2,1-2H3,(H2,15,18,19)/b20-9+. The predicted molar refractivity (Wildman–Crippen MR) is 91.2 cm³/mol. The van der Waals surface area contributed by atoms with Crippen LogP contribution in [-0.4, -0.2) is 21.8 Å². The number of aromatic nitrogens is 1. The summed E-state index contributed by atoms with van der Waals surface area (Å²) in [5.41, 5.74) is 2.55. The van der Waals surface area contributed by atoms with Gasteiger partial charge in [0.1, 0.15) is 5.01 Å². The monoisotopic (exact) mass is 331 g/mol. The van der Waals surface area contributed by atoms with Crippen LogP contribution in [0.5, 0.6) is 0 Å². The third-order valence-electron chi connectivity index (χ3n) is 2.87. The molecule has 9 nitrogen and oxygen atoms in total. The molecule has 0 bridgehead atoms. The number of nitrogens with two attached hydrogens (primary N) is 3. The highest BCUT2D eigenvalue weighted by molar-refractivity contribution is 7.17. The number of thiazole rings is 1. The number of aryl methyl sites for hydroxylation is 1. The van der Waals surface area contributed by atoms with Gasteiger partial charge >= 0.3 is 0 Å². The first-order valence-electron chi connectivity index (χ1n) is 6.59. The van der Waals surface area contributed by atoms with Gasteiger partial charge in [-0.05, 0) is 13.8 Å². The molecule has 1 aromatic heterocycles. The molecule has 0 fully saturated rings. The van der Waals surface area contributed by atoms with Crippen molar-refractivity contribution in [3.63, 3.8) is 0 Å². The zero-order valence-electron chi connectivity index (χ0n) is 12.7. The van der Waals surface area contributed by atoms with Crippen molar-refractivity contribution in [3.8, 4) is 10.6 Å². The average Bonchev–Trinajstić information content (AvgIpc) is 2.95. The van der Waals surface area contributed by atoms with E-state index in [0.29, 0.717) is 5.71 Å². The van der Waals surface area contributed by atoms with E-state index in [4.69, 9.17) is 17.5 Å². The summed E-state index contributed by atoms with van der Waals surface area (Å²) in [6.45, 7) is 3.72. The molecule has 0 aliphatic heterocycles. The van der Waals surface area contributed by atoms with Crippen molar-refractivity contribution in [3.05, 3.63) is 40.9 Å². The highest BCUT2D eigenvalue weighted by Gasteiger charge is 2.13. The van der Waals surface area contributed by atoms with Gasteiger partial charge in [0.05, 0.1) is 16.3 Å². The van der Waals surface area contributed by atoms with Crippen molar-refractivity contribution in [2.24, 2.45) is 38.1 Å². The molecule has 120 valence electrons. The molecule has 0 spiro atoms. The lowest BCUT2D eigenvalue weighted by molar-refractivity contribution is 0.460. The van der Waals surface area contributed by atoms with Crippen molar-refractivity contribution in [2.45, 2.75) is 13.8 Å². The maximum Gasteiger partial charge on any atom is 0.298 e. The van der Waals surface area contributed by atoms with Crippen LogP contribution in [0.15, 0.2) is 50.9 Å². The Morgan fingerprint density at radius 2 is 1.91 bits per heavy atom. The molecule has 23 heavy (non-hydrogen) atoms. The summed E-state index contributed by atoms with van der Waals surface area (Å²) >= 11 is 1.52. The average molecular weight is 331 g/mol. The number of hydrogen-bond acceptors (Lipinski definition) is 7. The number of rotatable bonds is 3. The van der Waals surface area contributed by atoms with Crippen molar-refractivity contribution < 1.29 is 0 Å². The molecule has 1 heterocycles. The smallest absolute Gasteiger partial charge is 0.298 e. The summed E-state index contributed by atoms with van der Waals surface area (Å²) in [7, 11) is 0. The number of hydrazone groups is 2. The second kappa shape index (κ2) is 7.42. The largest absolute Gasteiger partial charge is 0.320 e. The summed E-state index contributed by atoms with van der Waals surface area (Å²) in [5, 5.41) is 15.9. The van der Waals surface area contributed by atoms with Gasteiger partial charge in [0, 0.05) is 5.56 Å². The quantitative estimate of drug-likeness (QED) is 0.257. The topological polar surface area (TPSA) is 144 Å². The fourth-order valence-electron chi connectivity index (χ4n) is 1.87. The van der Waals surface area contributed by atoms with Gasteiger partial charge in [-0.15, -0.1) is 16.4 Å². The number of guanidine groups is 1. The first-order valence-corrected chi connectivity index (χ1v) is 7.40. The van der Waals surface area contributed by atoms with Gasteiger partial charge in [0.2, 0.25) is 0 Å². The third kappa shape index (κ3) is 3.87. The van der Waals surface area contributed by atoms with Crippen LogP contribution >= 0.6 is 11.3 Å². The Bertz CT molecular complexity index is 748. The molecule has 0 amide bonds. The van der Waals surface area contributed by atoms with E-state index in [1.54, 1.807) is 0 Å². The molecule has 0 aliphatic carbocycles. The van der Waals surface area contributed by atoms with Crippen LogP contribution in [-0.2, 0) is 0 Å². The van der Waals surface area contributed by atoms with Gasteiger partial charge < -0.3 is 11.7 Å². The maximum atomic E-state index is 5.73. The van der Waals surface area contributed by atoms with Crippen LogP contribution in [0.3, 0.4) is 0 Å². The second-order valence-corrected chi connectivity index (χ2v) is 5.47. The van der Waals surface area contributed by atoms with Crippen LogP contribution in [0.4, 0.5) is 0 Å². The molecular formula is C13H17N9S. The van der Waals surface area contributed by atoms with E-state index in [9.17, 15) is 0 Å². The van der Waals surface area contributed by atoms with E-state index in [2.05, 4.69) is 25.5 Å². The zero-order chi connectivity index (χ0) is 16.8. The first kappa shape index (κ1) is 16.5. The van der Waals surface area contributed by atoms with E-state index < -0.39 is 0 Å². The Labute approximate surface area is 137 Å². The Morgan fingerprint density at radius 3 is 2.52 bits per heavy atom. The van der Waals surface area contributed by atoms with Gasteiger partial charge in [0.25, 0.3) is 5.96 Å². The predicted octanol–water partition coefficient (Wildman–Crippen LogP) is 1.57. The van der Waals surface area contributed by atoms with E-state index >= 15 is 0 Å². The number of nitrogens with zero attached hydrogens (tertiary/aromatic N) is 6. The third-order valence-corrected chi connectivity index (χ3v) is 4.19.